The van der Waals surface area contributed by atoms with Gasteiger partial charge in [0.25, 0.3) is 0 Å². The third kappa shape index (κ3) is 3.96. The number of sulfonamides is 1. The highest BCUT2D eigenvalue weighted by Crippen LogP contribution is 2.27. The van der Waals surface area contributed by atoms with E-state index in [1.54, 1.807) is 0 Å². The molecule has 0 aliphatic carbocycles. The molecule has 0 atom stereocenters. The minimum Gasteiger partial charge on any atom is -0.371 e. The summed E-state index contributed by atoms with van der Waals surface area (Å²) in [6.07, 6.45) is 1.73. The van der Waals surface area contributed by atoms with Crippen LogP contribution in [0.25, 0.3) is 0 Å². The van der Waals surface area contributed by atoms with Crippen LogP contribution in [0.15, 0.2) is 47.4 Å². The first-order chi connectivity index (χ1) is 12.0. The molecule has 1 aliphatic heterocycles. The van der Waals surface area contributed by atoms with Crippen molar-refractivity contribution in [1.29, 1.82) is 5.26 Å². The van der Waals surface area contributed by atoms with Crippen LogP contribution in [0, 0.1) is 11.3 Å². The van der Waals surface area contributed by atoms with Crippen LogP contribution in [0.5, 0.6) is 0 Å². The summed E-state index contributed by atoms with van der Waals surface area (Å²) in [5.41, 5.74) is 2.73. The van der Waals surface area contributed by atoms with Crippen molar-refractivity contribution in [2.24, 2.45) is 0 Å². The number of hydrogen-bond donors (Lipinski definition) is 1. The van der Waals surface area contributed by atoms with E-state index in [0.717, 1.165) is 19.5 Å². The number of benzene rings is 2. The SMILES string of the molecule is N#Cc1cc(S(=O)(=O)NCCCN2CCc3ccccc32)ccc1Cl. The van der Waals surface area contributed by atoms with Crippen molar-refractivity contribution in [3.63, 3.8) is 0 Å². The highest BCUT2D eigenvalue weighted by Gasteiger charge is 2.19. The highest BCUT2D eigenvalue weighted by molar-refractivity contribution is 7.89. The average molecular weight is 376 g/mol. The molecule has 0 saturated carbocycles. The Morgan fingerprint density at radius 1 is 1.24 bits per heavy atom. The van der Waals surface area contributed by atoms with Gasteiger partial charge in [-0.15, -0.1) is 0 Å². The van der Waals surface area contributed by atoms with Crippen molar-refractivity contribution in [1.82, 2.24) is 4.72 Å². The molecule has 0 radical (unpaired) electrons. The number of halogens is 1. The first-order valence-electron chi connectivity index (χ1n) is 8.03. The lowest BCUT2D eigenvalue weighted by Crippen LogP contribution is -2.29. The fourth-order valence-corrected chi connectivity index (χ4v) is 4.22. The molecule has 1 aliphatic rings. The van der Waals surface area contributed by atoms with Crippen LogP contribution < -0.4 is 9.62 Å². The number of nitriles is 1. The molecule has 1 heterocycles. The van der Waals surface area contributed by atoms with Crippen LogP contribution in [0.3, 0.4) is 0 Å². The number of nitrogens with zero attached hydrogens (tertiary/aromatic N) is 2. The maximum atomic E-state index is 12.3. The Hall–Kier alpha value is -2.07. The molecular weight excluding hydrogens is 358 g/mol. The van der Waals surface area contributed by atoms with Crippen molar-refractivity contribution in [2.45, 2.75) is 17.7 Å². The minimum atomic E-state index is -3.64. The summed E-state index contributed by atoms with van der Waals surface area (Å²) in [7, 11) is -3.64. The molecule has 0 spiro atoms. The summed E-state index contributed by atoms with van der Waals surface area (Å²) in [4.78, 5) is 2.33. The minimum absolute atomic E-state index is 0.0555. The quantitative estimate of drug-likeness (QED) is 0.788. The number of hydrogen-bond acceptors (Lipinski definition) is 4. The Morgan fingerprint density at radius 3 is 2.84 bits per heavy atom. The number of para-hydroxylation sites is 1. The van der Waals surface area contributed by atoms with E-state index in [-0.39, 0.29) is 15.5 Å². The van der Waals surface area contributed by atoms with Gasteiger partial charge in [0.15, 0.2) is 0 Å². The smallest absolute Gasteiger partial charge is 0.240 e. The summed E-state index contributed by atoms with van der Waals surface area (Å²) in [6, 6.07) is 14.3. The van der Waals surface area contributed by atoms with E-state index in [9.17, 15) is 8.42 Å². The van der Waals surface area contributed by atoms with E-state index in [2.05, 4.69) is 21.8 Å². The first kappa shape index (κ1) is 17.7. The summed E-state index contributed by atoms with van der Waals surface area (Å²) in [5, 5.41) is 9.21. The predicted octanol–water partition coefficient (Wildman–Crippen LogP) is 2.94. The van der Waals surface area contributed by atoms with Crippen LogP contribution >= 0.6 is 11.6 Å². The van der Waals surface area contributed by atoms with Crippen LogP contribution in [0.4, 0.5) is 5.69 Å². The standard InChI is InChI=1S/C18H18ClN3O2S/c19-17-7-6-16(12-15(17)13-20)25(23,24)21-9-3-10-22-11-8-14-4-1-2-5-18(14)22/h1-2,4-7,12,21H,3,8-11H2. The predicted molar refractivity (Wildman–Crippen MR) is 98.3 cm³/mol. The molecule has 7 heteroatoms. The second-order valence-electron chi connectivity index (χ2n) is 5.87. The van der Waals surface area contributed by atoms with Crippen molar-refractivity contribution in [2.75, 3.05) is 24.5 Å². The van der Waals surface area contributed by atoms with E-state index in [0.29, 0.717) is 13.0 Å². The molecule has 3 rings (SSSR count). The molecule has 0 aromatic heterocycles. The number of fused-ring (bicyclic) bond motifs is 1. The van der Waals surface area contributed by atoms with E-state index in [1.165, 1.54) is 29.4 Å². The Labute approximate surface area is 152 Å². The van der Waals surface area contributed by atoms with Gasteiger partial charge >= 0.3 is 0 Å². The molecular formula is C18H18ClN3O2S. The normalized spacial score (nSPS) is 13.5. The Bertz CT molecular complexity index is 922. The van der Waals surface area contributed by atoms with Crippen LogP contribution in [-0.4, -0.2) is 28.1 Å². The molecule has 0 saturated heterocycles. The van der Waals surface area contributed by atoms with Gasteiger partial charge in [-0.2, -0.15) is 5.26 Å². The molecule has 1 N–H and O–H groups in total. The van der Waals surface area contributed by atoms with Crippen molar-refractivity contribution in [3.8, 4) is 6.07 Å². The molecule has 0 unspecified atom stereocenters. The summed E-state index contributed by atoms with van der Waals surface area (Å²) < 4.78 is 27.2. The average Bonchev–Trinajstić information content (AvgIpc) is 3.02. The summed E-state index contributed by atoms with van der Waals surface area (Å²) >= 11 is 5.84. The van der Waals surface area contributed by atoms with E-state index in [1.807, 2.05) is 18.2 Å². The van der Waals surface area contributed by atoms with Crippen LogP contribution in [-0.2, 0) is 16.4 Å². The fourth-order valence-electron chi connectivity index (χ4n) is 2.96. The molecule has 25 heavy (non-hydrogen) atoms. The first-order valence-corrected chi connectivity index (χ1v) is 9.89. The second-order valence-corrected chi connectivity index (χ2v) is 8.04. The van der Waals surface area contributed by atoms with Gasteiger partial charge in [0.05, 0.1) is 15.5 Å². The van der Waals surface area contributed by atoms with Gasteiger partial charge in [0.2, 0.25) is 10.0 Å². The zero-order chi connectivity index (χ0) is 17.9. The largest absolute Gasteiger partial charge is 0.371 e. The van der Waals surface area contributed by atoms with Gasteiger partial charge in [-0.3, -0.25) is 0 Å². The molecule has 2 aromatic rings. The zero-order valence-corrected chi connectivity index (χ0v) is 15.1. The molecule has 5 nitrogen and oxygen atoms in total. The van der Waals surface area contributed by atoms with Gasteiger partial charge in [0.1, 0.15) is 6.07 Å². The van der Waals surface area contributed by atoms with Gasteiger partial charge < -0.3 is 4.90 Å². The Kier molecular flexibility index (Phi) is 5.28. The van der Waals surface area contributed by atoms with Gasteiger partial charge in [-0.05, 0) is 42.7 Å². The van der Waals surface area contributed by atoms with Crippen molar-refractivity contribution in [3.05, 3.63) is 58.6 Å². The molecule has 0 fully saturated rings. The highest BCUT2D eigenvalue weighted by atomic mass is 35.5. The lowest BCUT2D eigenvalue weighted by Gasteiger charge is -2.19. The second kappa shape index (κ2) is 7.44. The summed E-state index contributed by atoms with van der Waals surface area (Å²) in [5.74, 6) is 0. The molecule has 0 amide bonds. The number of nitrogens with one attached hydrogen (secondary N) is 1. The van der Waals surface area contributed by atoms with Gasteiger partial charge in [-0.25, -0.2) is 13.1 Å². The third-order valence-corrected chi connectivity index (χ3v) is 6.04. The van der Waals surface area contributed by atoms with Crippen molar-refractivity contribution >= 4 is 27.3 Å². The number of anilines is 1. The van der Waals surface area contributed by atoms with Crippen LogP contribution in [0.1, 0.15) is 17.5 Å². The third-order valence-electron chi connectivity index (χ3n) is 4.25. The molecule has 0 bridgehead atoms. The fraction of sp³-hybridized carbons (Fsp3) is 0.278. The Balaban J connectivity index is 1.56. The lowest BCUT2D eigenvalue weighted by atomic mass is 10.2. The Morgan fingerprint density at radius 2 is 2.04 bits per heavy atom. The van der Waals surface area contributed by atoms with Gasteiger partial charge in [-0.1, -0.05) is 29.8 Å². The van der Waals surface area contributed by atoms with Gasteiger partial charge in [0, 0.05) is 25.3 Å². The van der Waals surface area contributed by atoms with E-state index >= 15 is 0 Å². The summed E-state index contributed by atoms with van der Waals surface area (Å²) in [6.45, 7) is 2.10. The lowest BCUT2D eigenvalue weighted by molar-refractivity contribution is 0.578. The zero-order valence-electron chi connectivity index (χ0n) is 13.6. The maximum Gasteiger partial charge on any atom is 0.240 e. The van der Waals surface area contributed by atoms with E-state index < -0.39 is 10.0 Å². The molecule has 130 valence electrons. The molecule has 2 aromatic carbocycles. The van der Waals surface area contributed by atoms with E-state index in [4.69, 9.17) is 16.9 Å². The number of rotatable bonds is 6. The topological polar surface area (TPSA) is 73.2 Å². The monoisotopic (exact) mass is 375 g/mol. The van der Waals surface area contributed by atoms with Crippen molar-refractivity contribution < 1.29 is 8.42 Å². The van der Waals surface area contributed by atoms with Crippen LogP contribution in [0.2, 0.25) is 5.02 Å². The maximum absolute atomic E-state index is 12.3.